The Hall–Kier alpha value is -3.38. The molecule has 3 aromatic rings. The van der Waals surface area contributed by atoms with Crippen LogP contribution in [-0.4, -0.2) is 23.9 Å². The van der Waals surface area contributed by atoms with E-state index in [4.69, 9.17) is 4.74 Å². The molecule has 1 aliphatic rings. The summed E-state index contributed by atoms with van der Waals surface area (Å²) in [6.07, 6.45) is 0. The second-order valence-electron chi connectivity index (χ2n) is 8.72. The number of aliphatic hydroxyl groups excluding tert-OH is 1. The van der Waals surface area contributed by atoms with Gasteiger partial charge >= 0.3 is 0 Å². The highest BCUT2D eigenvalue weighted by Crippen LogP contribution is 2.43. The lowest BCUT2D eigenvalue weighted by Gasteiger charge is -2.28. The van der Waals surface area contributed by atoms with Crippen molar-refractivity contribution in [2.24, 2.45) is 0 Å². The maximum Gasteiger partial charge on any atom is 0.294 e. The number of benzene rings is 2. The van der Waals surface area contributed by atoms with Crippen LogP contribution >= 0.6 is 11.3 Å². The highest BCUT2D eigenvalue weighted by Gasteiger charge is 2.45. The van der Waals surface area contributed by atoms with Gasteiger partial charge in [0.15, 0.2) is 5.76 Å². The fourth-order valence-corrected chi connectivity index (χ4v) is 4.56. The van der Waals surface area contributed by atoms with Crippen LogP contribution in [-0.2, 0) is 10.2 Å². The second-order valence-corrected chi connectivity index (χ2v) is 9.67. The van der Waals surface area contributed by atoms with Crippen LogP contribution < -0.4 is 9.64 Å². The maximum absolute atomic E-state index is 13.4. The first-order valence-corrected chi connectivity index (χ1v) is 11.2. The molecule has 164 valence electrons. The quantitative estimate of drug-likeness (QED) is 0.499. The summed E-state index contributed by atoms with van der Waals surface area (Å²) >= 11 is 1.28. The van der Waals surface area contributed by atoms with Gasteiger partial charge in [0, 0.05) is 11.8 Å². The number of thiophene rings is 1. The molecule has 1 aliphatic heterocycles. The smallest absolute Gasteiger partial charge is 0.294 e. The zero-order chi connectivity index (χ0) is 23.0. The van der Waals surface area contributed by atoms with Gasteiger partial charge in [0.2, 0.25) is 5.78 Å². The number of carbonyl (C=O) groups is 2. The van der Waals surface area contributed by atoms with Gasteiger partial charge in [-0.2, -0.15) is 0 Å². The Morgan fingerprint density at radius 3 is 2.38 bits per heavy atom. The van der Waals surface area contributed by atoms with Gasteiger partial charge in [-0.25, -0.2) is 0 Å². The Balaban J connectivity index is 1.87. The Kier molecular flexibility index (Phi) is 5.65. The number of Topliss-reactive ketones (excluding diaryl/α,β-unsaturated/α-hetero) is 1. The Labute approximate surface area is 191 Å². The van der Waals surface area contributed by atoms with Crippen molar-refractivity contribution in [1.29, 1.82) is 0 Å². The fraction of sp³-hybridized carbons (Fsp3) is 0.231. The normalized spacial score (nSPS) is 16.6. The number of hydrogen-bond acceptors (Lipinski definition) is 5. The van der Waals surface area contributed by atoms with E-state index in [2.05, 4.69) is 20.8 Å². The standard InChI is InChI=1S/C26H25NO4S/c1-26(2,3)17-12-10-16(11-13-17)22-21(23(28)20-9-6-14-32-20)24(29)25(30)27(22)18-7-5-8-19(15-18)31-4/h5-15,22,29H,1-4H3. The lowest BCUT2D eigenvalue weighted by Crippen LogP contribution is -2.31. The van der Waals surface area contributed by atoms with Crippen molar-refractivity contribution in [3.05, 3.63) is 93.4 Å². The summed E-state index contributed by atoms with van der Waals surface area (Å²) in [5, 5.41) is 12.6. The van der Waals surface area contributed by atoms with Gasteiger partial charge in [-0.05, 0) is 40.1 Å². The molecule has 1 unspecified atom stereocenters. The largest absolute Gasteiger partial charge is 0.503 e. The van der Waals surface area contributed by atoms with Crippen molar-refractivity contribution in [2.75, 3.05) is 12.0 Å². The molecular weight excluding hydrogens is 422 g/mol. The van der Waals surface area contributed by atoms with E-state index < -0.39 is 17.7 Å². The van der Waals surface area contributed by atoms with E-state index in [1.54, 1.807) is 48.9 Å². The molecule has 0 saturated heterocycles. The molecule has 0 saturated carbocycles. The lowest BCUT2D eigenvalue weighted by molar-refractivity contribution is -0.117. The van der Waals surface area contributed by atoms with Gasteiger partial charge in [0.25, 0.3) is 5.91 Å². The average molecular weight is 448 g/mol. The van der Waals surface area contributed by atoms with Crippen LogP contribution in [0, 0.1) is 0 Å². The minimum absolute atomic E-state index is 0.0376. The molecule has 1 N–H and O–H groups in total. The Morgan fingerprint density at radius 1 is 1.06 bits per heavy atom. The van der Waals surface area contributed by atoms with E-state index in [1.165, 1.54) is 16.2 Å². The summed E-state index contributed by atoms with van der Waals surface area (Å²) in [6, 6.07) is 17.6. The van der Waals surface area contributed by atoms with Gasteiger partial charge in [-0.3, -0.25) is 14.5 Å². The van der Waals surface area contributed by atoms with Crippen molar-refractivity contribution in [2.45, 2.75) is 32.2 Å². The minimum atomic E-state index is -0.752. The number of ketones is 1. The van der Waals surface area contributed by atoms with E-state index >= 15 is 0 Å². The van der Waals surface area contributed by atoms with Crippen molar-refractivity contribution < 1.29 is 19.4 Å². The minimum Gasteiger partial charge on any atom is -0.503 e. The van der Waals surface area contributed by atoms with E-state index in [0.717, 1.165) is 11.1 Å². The number of nitrogens with zero attached hydrogens (tertiary/aromatic N) is 1. The number of amides is 1. The predicted molar refractivity (Wildman–Crippen MR) is 127 cm³/mol. The molecule has 0 spiro atoms. The number of aliphatic hydroxyl groups is 1. The SMILES string of the molecule is COc1cccc(N2C(=O)C(O)=C(C(=O)c3cccs3)C2c2ccc(C(C)(C)C)cc2)c1. The molecule has 4 rings (SSSR count). The highest BCUT2D eigenvalue weighted by molar-refractivity contribution is 7.12. The molecule has 0 radical (unpaired) electrons. The zero-order valence-corrected chi connectivity index (χ0v) is 19.3. The summed E-state index contributed by atoms with van der Waals surface area (Å²) in [5.74, 6) is -0.894. The average Bonchev–Trinajstić information content (AvgIpc) is 3.40. The molecule has 2 heterocycles. The second kappa shape index (κ2) is 8.28. The molecule has 0 fully saturated rings. The summed E-state index contributed by atoms with van der Waals surface area (Å²) in [7, 11) is 1.55. The third kappa shape index (κ3) is 3.82. The molecule has 2 aromatic carbocycles. The fourth-order valence-electron chi connectivity index (χ4n) is 3.89. The third-order valence-corrected chi connectivity index (χ3v) is 6.49. The molecule has 6 heteroatoms. The molecule has 0 bridgehead atoms. The highest BCUT2D eigenvalue weighted by atomic mass is 32.1. The Bertz CT molecular complexity index is 1190. The number of ether oxygens (including phenoxy) is 1. The van der Waals surface area contributed by atoms with Crippen LogP contribution in [0.3, 0.4) is 0 Å². The first-order valence-electron chi connectivity index (χ1n) is 10.3. The van der Waals surface area contributed by atoms with Gasteiger partial charge < -0.3 is 9.84 Å². The Morgan fingerprint density at radius 2 is 1.78 bits per heavy atom. The first-order chi connectivity index (χ1) is 15.2. The molecule has 1 aromatic heterocycles. The van der Waals surface area contributed by atoms with Gasteiger partial charge in [0.05, 0.1) is 23.6 Å². The van der Waals surface area contributed by atoms with Crippen LogP contribution in [0.15, 0.2) is 77.4 Å². The predicted octanol–water partition coefficient (Wildman–Crippen LogP) is 5.84. The number of anilines is 1. The van der Waals surface area contributed by atoms with Gasteiger partial charge in [-0.1, -0.05) is 57.2 Å². The molecule has 1 atom stereocenters. The van der Waals surface area contributed by atoms with Crippen LogP contribution in [0.5, 0.6) is 5.75 Å². The van der Waals surface area contributed by atoms with Gasteiger partial charge in [-0.15, -0.1) is 11.3 Å². The maximum atomic E-state index is 13.4. The number of rotatable bonds is 5. The lowest BCUT2D eigenvalue weighted by atomic mass is 9.85. The summed E-state index contributed by atoms with van der Waals surface area (Å²) in [4.78, 5) is 28.5. The van der Waals surface area contributed by atoms with Crippen molar-refractivity contribution in [3.63, 3.8) is 0 Å². The molecule has 5 nitrogen and oxygen atoms in total. The summed E-state index contributed by atoms with van der Waals surface area (Å²) in [6.45, 7) is 6.38. The van der Waals surface area contributed by atoms with E-state index in [9.17, 15) is 14.7 Å². The topological polar surface area (TPSA) is 66.8 Å². The van der Waals surface area contributed by atoms with Crippen LogP contribution in [0.2, 0.25) is 0 Å². The van der Waals surface area contributed by atoms with Crippen molar-refractivity contribution in [3.8, 4) is 5.75 Å². The molecule has 0 aliphatic carbocycles. The van der Waals surface area contributed by atoms with Crippen molar-refractivity contribution >= 4 is 28.7 Å². The number of methoxy groups -OCH3 is 1. The number of hydrogen-bond donors (Lipinski definition) is 1. The van der Waals surface area contributed by atoms with Gasteiger partial charge in [0.1, 0.15) is 5.75 Å². The monoisotopic (exact) mass is 447 g/mol. The zero-order valence-electron chi connectivity index (χ0n) is 18.5. The van der Waals surface area contributed by atoms with E-state index in [1.807, 2.05) is 24.3 Å². The van der Waals surface area contributed by atoms with Crippen LogP contribution in [0.1, 0.15) is 47.6 Å². The van der Waals surface area contributed by atoms with E-state index in [0.29, 0.717) is 16.3 Å². The molecular formula is C26H25NO4S. The summed E-state index contributed by atoms with van der Waals surface area (Å²) < 4.78 is 5.32. The first kappa shape index (κ1) is 21.8. The number of carbonyl (C=O) groups excluding carboxylic acids is 2. The third-order valence-electron chi connectivity index (χ3n) is 5.62. The van der Waals surface area contributed by atoms with Crippen LogP contribution in [0.25, 0.3) is 0 Å². The van der Waals surface area contributed by atoms with E-state index in [-0.39, 0.29) is 16.8 Å². The molecule has 32 heavy (non-hydrogen) atoms. The van der Waals surface area contributed by atoms with Crippen LogP contribution in [0.4, 0.5) is 5.69 Å². The summed E-state index contributed by atoms with van der Waals surface area (Å²) in [5.41, 5.74) is 2.48. The molecule has 1 amide bonds. The van der Waals surface area contributed by atoms with Crippen molar-refractivity contribution in [1.82, 2.24) is 0 Å².